The number of carbonyl (C=O) groups is 3. The number of imide groups is 1. The first-order valence-electron chi connectivity index (χ1n) is 13.5. The van der Waals surface area contributed by atoms with Crippen LogP contribution in [0, 0.1) is 5.82 Å². The second-order valence-electron chi connectivity index (χ2n) is 11.1. The maximum absolute atomic E-state index is 15.1. The molecule has 2 saturated heterocycles. The number of pyridine rings is 1. The van der Waals surface area contributed by atoms with Crippen molar-refractivity contribution in [3.05, 3.63) is 71.6 Å². The average Bonchev–Trinajstić information content (AvgIpc) is 3.72. The highest BCUT2D eigenvalue weighted by atomic mass is 19.1. The molecule has 4 aromatic rings. The molecule has 8 rings (SSSR count). The molecule has 202 valence electrons. The molecule has 4 aliphatic heterocycles. The lowest BCUT2D eigenvalue weighted by Gasteiger charge is -2.35. The fourth-order valence-electron chi connectivity index (χ4n) is 7.02. The fourth-order valence-corrected chi connectivity index (χ4v) is 7.02. The number of urea groups is 1. The van der Waals surface area contributed by atoms with Gasteiger partial charge in [-0.15, -0.1) is 0 Å². The number of nitrogens with one attached hydrogen (secondary N) is 1. The molecule has 0 aliphatic carbocycles. The molecule has 10 nitrogen and oxygen atoms in total. The van der Waals surface area contributed by atoms with Crippen LogP contribution in [0.4, 0.5) is 9.18 Å². The van der Waals surface area contributed by atoms with Crippen LogP contribution in [0.25, 0.3) is 27.7 Å². The molecule has 0 radical (unpaired) electrons. The van der Waals surface area contributed by atoms with Gasteiger partial charge in [0, 0.05) is 68.2 Å². The molecule has 2 atom stereocenters. The number of likely N-dealkylation sites (N-methyl/N-ethyl adjacent to an activating group) is 1. The van der Waals surface area contributed by atoms with Gasteiger partial charge in [-0.3, -0.25) is 24.2 Å². The highest BCUT2D eigenvalue weighted by Gasteiger charge is 2.45. The number of rotatable bonds is 2. The van der Waals surface area contributed by atoms with Crippen molar-refractivity contribution in [2.75, 3.05) is 26.7 Å². The summed E-state index contributed by atoms with van der Waals surface area (Å²) >= 11 is 0. The van der Waals surface area contributed by atoms with Crippen molar-refractivity contribution in [2.24, 2.45) is 0 Å². The molecule has 4 amide bonds. The summed E-state index contributed by atoms with van der Waals surface area (Å²) in [4.78, 5) is 50.3. The van der Waals surface area contributed by atoms with Crippen LogP contribution in [0.15, 0.2) is 48.9 Å². The van der Waals surface area contributed by atoms with Crippen LogP contribution in [0.1, 0.15) is 23.2 Å². The SMILES string of the molecule is CN1CC2CC1CN2C(=O)N1CCn2cc(C3=C(c4cnc5ccccn45)C(=O)NC3=O)c3cc(F)cc(c32)C1. The Balaban J connectivity index is 1.23. The summed E-state index contributed by atoms with van der Waals surface area (Å²) in [5.74, 6) is -1.50. The zero-order chi connectivity index (χ0) is 27.3. The smallest absolute Gasteiger partial charge is 0.320 e. The van der Waals surface area contributed by atoms with Crippen molar-refractivity contribution in [3.63, 3.8) is 0 Å². The Labute approximate surface area is 228 Å². The van der Waals surface area contributed by atoms with Gasteiger partial charge in [-0.1, -0.05) is 6.07 Å². The van der Waals surface area contributed by atoms with Crippen LogP contribution in [0.3, 0.4) is 0 Å². The molecule has 11 heteroatoms. The number of likely N-dealkylation sites (tertiary alicyclic amines) is 2. The van der Waals surface area contributed by atoms with Crippen molar-refractivity contribution in [3.8, 4) is 0 Å². The molecule has 4 aliphatic rings. The third-order valence-corrected chi connectivity index (χ3v) is 8.89. The Morgan fingerprint density at radius 1 is 1.07 bits per heavy atom. The summed E-state index contributed by atoms with van der Waals surface area (Å²) in [6.07, 6.45) is 6.16. The quantitative estimate of drug-likeness (QED) is 0.395. The average molecular weight is 540 g/mol. The summed E-state index contributed by atoms with van der Waals surface area (Å²) in [7, 11) is 2.10. The van der Waals surface area contributed by atoms with Gasteiger partial charge in [0.1, 0.15) is 11.5 Å². The highest BCUT2D eigenvalue weighted by Crippen LogP contribution is 2.39. The third kappa shape index (κ3) is 3.24. The van der Waals surface area contributed by atoms with Gasteiger partial charge in [0.25, 0.3) is 11.8 Å². The van der Waals surface area contributed by atoms with Crippen LogP contribution in [0.2, 0.25) is 0 Å². The topological polar surface area (TPSA) is 95.2 Å². The van der Waals surface area contributed by atoms with Gasteiger partial charge in [0.15, 0.2) is 0 Å². The third-order valence-electron chi connectivity index (χ3n) is 8.89. The van der Waals surface area contributed by atoms with Crippen molar-refractivity contribution >= 4 is 45.5 Å². The standard InChI is InChI=1S/C29H26FN7O3/c1-33-13-19-10-18(33)14-37(19)29(40)35-7-6-34-15-21(20-9-17(30)8-16(12-35)26(20)34)24-25(28(39)32-27(24)38)22-11-31-23-4-2-3-5-36(22)23/h2-5,8-9,11,15,18-19H,6-7,10,12-14H2,1H3,(H,32,38,39). The summed E-state index contributed by atoms with van der Waals surface area (Å²) in [5.41, 5.74) is 3.46. The van der Waals surface area contributed by atoms with E-state index in [1.165, 1.54) is 12.1 Å². The first-order valence-corrected chi connectivity index (χ1v) is 13.5. The number of imidazole rings is 1. The highest BCUT2D eigenvalue weighted by molar-refractivity contribution is 6.49. The molecule has 2 bridgehead atoms. The van der Waals surface area contributed by atoms with E-state index < -0.39 is 17.6 Å². The Kier molecular flexibility index (Phi) is 4.82. The number of nitrogens with zero attached hydrogens (tertiary/aromatic N) is 6. The van der Waals surface area contributed by atoms with E-state index in [0.717, 1.165) is 25.0 Å². The summed E-state index contributed by atoms with van der Waals surface area (Å²) in [6, 6.07) is 8.97. The summed E-state index contributed by atoms with van der Waals surface area (Å²) in [5, 5.41) is 2.97. The van der Waals surface area contributed by atoms with Crippen LogP contribution in [0.5, 0.6) is 0 Å². The molecule has 40 heavy (non-hydrogen) atoms. The van der Waals surface area contributed by atoms with E-state index in [1.54, 1.807) is 21.7 Å². The van der Waals surface area contributed by atoms with E-state index in [4.69, 9.17) is 0 Å². The first kappa shape index (κ1) is 23.4. The van der Waals surface area contributed by atoms with Crippen molar-refractivity contribution in [1.29, 1.82) is 0 Å². The zero-order valence-corrected chi connectivity index (χ0v) is 21.8. The van der Waals surface area contributed by atoms with E-state index in [9.17, 15) is 14.4 Å². The van der Waals surface area contributed by atoms with Gasteiger partial charge in [0.2, 0.25) is 0 Å². The fraction of sp³-hybridized carbons (Fsp3) is 0.310. The molecule has 0 saturated carbocycles. The van der Waals surface area contributed by atoms with Crippen molar-refractivity contribution in [1.82, 2.24) is 34.0 Å². The van der Waals surface area contributed by atoms with Gasteiger partial charge in [-0.25, -0.2) is 14.2 Å². The Bertz CT molecular complexity index is 1820. The minimum absolute atomic E-state index is 0.0117. The monoisotopic (exact) mass is 539 g/mol. The maximum atomic E-state index is 15.1. The number of halogens is 1. The Morgan fingerprint density at radius 3 is 2.73 bits per heavy atom. The molecule has 1 N–H and O–H groups in total. The minimum Gasteiger partial charge on any atom is -0.345 e. The zero-order valence-electron chi connectivity index (χ0n) is 21.8. The first-order chi connectivity index (χ1) is 19.4. The predicted molar refractivity (Wildman–Crippen MR) is 144 cm³/mol. The Morgan fingerprint density at radius 2 is 1.93 bits per heavy atom. The molecule has 0 spiro atoms. The normalized spacial score (nSPS) is 22.8. The molecule has 2 fully saturated rings. The lowest BCUT2D eigenvalue weighted by atomic mass is 9.98. The van der Waals surface area contributed by atoms with E-state index in [2.05, 4.69) is 22.2 Å². The molecule has 2 unspecified atom stereocenters. The number of hydrogen-bond donors (Lipinski definition) is 1. The maximum Gasteiger partial charge on any atom is 0.320 e. The van der Waals surface area contributed by atoms with Gasteiger partial charge >= 0.3 is 6.03 Å². The van der Waals surface area contributed by atoms with Crippen LogP contribution < -0.4 is 5.32 Å². The second kappa shape index (κ2) is 8.25. The lowest BCUT2D eigenvalue weighted by molar-refractivity contribution is -0.122. The van der Waals surface area contributed by atoms with E-state index >= 15 is 4.39 Å². The number of aromatic nitrogens is 3. The number of carbonyl (C=O) groups excluding carboxylic acids is 3. The van der Waals surface area contributed by atoms with Crippen LogP contribution in [-0.2, 0) is 22.7 Å². The predicted octanol–water partition coefficient (Wildman–Crippen LogP) is 2.32. The number of hydrogen-bond acceptors (Lipinski definition) is 5. The lowest BCUT2D eigenvalue weighted by Crippen LogP contribution is -2.52. The number of benzene rings is 1. The van der Waals surface area contributed by atoms with Gasteiger partial charge < -0.3 is 14.4 Å². The molecule has 3 aromatic heterocycles. The summed E-state index contributed by atoms with van der Waals surface area (Å²) < 4.78 is 18.9. The van der Waals surface area contributed by atoms with E-state index in [-0.39, 0.29) is 29.8 Å². The van der Waals surface area contributed by atoms with E-state index in [0.29, 0.717) is 47.0 Å². The second-order valence-corrected chi connectivity index (χ2v) is 11.1. The molecular formula is C29H26FN7O3. The largest absolute Gasteiger partial charge is 0.345 e. The number of amides is 4. The Hall–Kier alpha value is -4.51. The summed E-state index contributed by atoms with van der Waals surface area (Å²) in [6.45, 7) is 2.80. The van der Waals surface area contributed by atoms with Crippen molar-refractivity contribution in [2.45, 2.75) is 31.6 Å². The molecule has 1 aromatic carbocycles. The van der Waals surface area contributed by atoms with Gasteiger partial charge in [-0.2, -0.15) is 0 Å². The van der Waals surface area contributed by atoms with Crippen molar-refractivity contribution < 1.29 is 18.8 Å². The van der Waals surface area contributed by atoms with Gasteiger partial charge in [0.05, 0.1) is 28.6 Å². The number of piperazine rings is 1. The van der Waals surface area contributed by atoms with E-state index in [1.807, 2.05) is 33.9 Å². The number of fused-ring (bicyclic) bond motifs is 3. The molecule has 7 heterocycles. The minimum atomic E-state index is -0.529. The van der Waals surface area contributed by atoms with Gasteiger partial charge in [-0.05, 0) is 43.3 Å². The molecular weight excluding hydrogens is 513 g/mol. The van der Waals surface area contributed by atoms with Crippen LogP contribution in [-0.4, -0.2) is 85.3 Å². The van der Waals surface area contributed by atoms with Crippen LogP contribution >= 0.6 is 0 Å².